The van der Waals surface area contributed by atoms with Gasteiger partial charge < -0.3 is 9.30 Å². The second-order valence-corrected chi connectivity index (χ2v) is 15.3. The van der Waals surface area contributed by atoms with Gasteiger partial charge in [0.05, 0.1) is 20.5 Å². The van der Waals surface area contributed by atoms with Crippen LogP contribution in [0, 0.1) is 0 Å². The molecule has 112 valence electrons. The molecule has 0 bridgehead atoms. The van der Waals surface area contributed by atoms with E-state index in [0.29, 0.717) is 0 Å². The van der Waals surface area contributed by atoms with E-state index >= 15 is 0 Å². The molecule has 0 aliphatic rings. The van der Waals surface area contributed by atoms with Crippen molar-refractivity contribution in [3.05, 3.63) is 54.6 Å². The average molecular weight is 318 g/mol. The summed E-state index contributed by atoms with van der Waals surface area (Å²) >= 11 is 0. The number of benzene rings is 2. The number of hydrogen-bond acceptors (Lipinski definition) is 2. The first-order valence-corrected chi connectivity index (χ1v) is 12.7. The van der Waals surface area contributed by atoms with E-state index < -0.39 is 15.2 Å². The van der Waals surface area contributed by atoms with Gasteiger partial charge in [0.15, 0.2) is 0 Å². The molecule has 0 aromatic heterocycles. The molecule has 0 fully saturated rings. The largest absolute Gasteiger partial charge is 0.496 e. The van der Waals surface area contributed by atoms with Gasteiger partial charge >= 0.3 is 0 Å². The number of hydrogen-bond donors (Lipinski definition) is 0. The first-order valence-electron chi connectivity index (χ1n) is 7.15. The van der Waals surface area contributed by atoms with Gasteiger partial charge in [0.25, 0.3) is 0 Å². The van der Waals surface area contributed by atoms with E-state index in [1.807, 2.05) is 54.6 Å². The van der Waals surface area contributed by atoms with Crippen LogP contribution in [0.25, 0.3) is 0 Å². The SMILES string of the molecule is COc1ccccc1P(=O)(C[Si](C)(C)C)c1ccccc1. The van der Waals surface area contributed by atoms with E-state index in [-0.39, 0.29) is 0 Å². The van der Waals surface area contributed by atoms with Crippen molar-refractivity contribution in [3.63, 3.8) is 0 Å². The molecule has 21 heavy (non-hydrogen) atoms. The summed E-state index contributed by atoms with van der Waals surface area (Å²) in [6.45, 7) is 6.79. The minimum absolute atomic E-state index is 0.725. The third-order valence-electron chi connectivity index (χ3n) is 3.34. The van der Waals surface area contributed by atoms with Gasteiger partial charge in [0.1, 0.15) is 12.9 Å². The maximum absolute atomic E-state index is 14.0. The zero-order valence-corrected chi connectivity index (χ0v) is 15.1. The lowest BCUT2D eigenvalue weighted by Gasteiger charge is -2.27. The third kappa shape index (κ3) is 3.66. The number of rotatable bonds is 5. The first-order chi connectivity index (χ1) is 9.87. The van der Waals surface area contributed by atoms with Gasteiger partial charge in [-0.2, -0.15) is 0 Å². The molecular weight excluding hydrogens is 295 g/mol. The first kappa shape index (κ1) is 16.1. The second kappa shape index (κ2) is 6.21. The van der Waals surface area contributed by atoms with Crippen LogP contribution >= 0.6 is 7.14 Å². The van der Waals surface area contributed by atoms with E-state index in [9.17, 15) is 4.57 Å². The maximum atomic E-state index is 14.0. The van der Waals surface area contributed by atoms with Crippen LogP contribution < -0.4 is 15.3 Å². The van der Waals surface area contributed by atoms with Crippen molar-refractivity contribution in [2.75, 3.05) is 12.9 Å². The molecule has 0 amide bonds. The fraction of sp³-hybridized carbons (Fsp3) is 0.294. The van der Waals surface area contributed by atoms with Crippen molar-refractivity contribution in [1.29, 1.82) is 0 Å². The van der Waals surface area contributed by atoms with Crippen LogP contribution in [-0.2, 0) is 4.57 Å². The summed E-state index contributed by atoms with van der Waals surface area (Å²) in [5.41, 5.74) is 0. The molecule has 0 aliphatic carbocycles. The molecule has 0 saturated carbocycles. The van der Waals surface area contributed by atoms with E-state index in [1.54, 1.807) is 7.11 Å². The minimum atomic E-state index is -2.66. The Balaban J connectivity index is 2.64. The fourth-order valence-corrected chi connectivity index (χ4v) is 11.1. The van der Waals surface area contributed by atoms with Gasteiger partial charge in [-0.05, 0) is 12.1 Å². The molecule has 4 heteroatoms. The molecule has 2 rings (SSSR count). The van der Waals surface area contributed by atoms with Crippen LogP contribution in [0.2, 0.25) is 19.6 Å². The minimum Gasteiger partial charge on any atom is -0.496 e. The molecule has 0 aliphatic heterocycles. The van der Waals surface area contributed by atoms with Crippen LogP contribution in [0.1, 0.15) is 0 Å². The summed E-state index contributed by atoms with van der Waals surface area (Å²) in [5.74, 6) is 1.48. The lowest BCUT2D eigenvalue weighted by Crippen LogP contribution is -2.33. The molecule has 1 atom stereocenters. The Bertz CT molecular complexity index is 647. The topological polar surface area (TPSA) is 26.3 Å². The second-order valence-electron chi connectivity index (χ2n) is 6.47. The zero-order chi connectivity index (χ0) is 15.5. The van der Waals surface area contributed by atoms with Gasteiger partial charge in [0.2, 0.25) is 0 Å². The predicted octanol–water partition coefficient (Wildman–Crippen LogP) is 3.89. The molecule has 2 aromatic rings. The third-order valence-corrected chi connectivity index (χ3v) is 11.2. The normalized spacial score (nSPS) is 14.5. The Kier molecular flexibility index (Phi) is 4.75. The van der Waals surface area contributed by atoms with Crippen LogP contribution in [-0.4, -0.2) is 21.0 Å². The molecule has 2 aromatic carbocycles. The highest BCUT2D eigenvalue weighted by Crippen LogP contribution is 2.47. The van der Waals surface area contributed by atoms with Crippen molar-refractivity contribution in [3.8, 4) is 5.75 Å². The summed E-state index contributed by atoms with van der Waals surface area (Å²) in [7, 11) is -2.53. The molecule has 2 nitrogen and oxygen atoms in total. The van der Waals surface area contributed by atoms with Gasteiger partial charge in [-0.15, -0.1) is 0 Å². The summed E-state index contributed by atoms with van der Waals surface area (Å²) in [6, 6.07) is 17.6. The van der Waals surface area contributed by atoms with Crippen molar-refractivity contribution in [2.45, 2.75) is 19.6 Å². The quantitative estimate of drug-likeness (QED) is 0.617. The van der Waals surface area contributed by atoms with Crippen molar-refractivity contribution in [2.24, 2.45) is 0 Å². The van der Waals surface area contributed by atoms with Gasteiger partial charge in [-0.25, -0.2) is 0 Å². The van der Waals surface area contributed by atoms with E-state index in [0.717, 1.165) is 22.1 Å². The maximum Gasteiger partial charge on any atom is 0.144 e. The summed E-state index contributed by atoms with van der Waals surface area (Å²) < 4.78 is 19.4. The lowest BCUT2D eigenvalue weighted by atomic mass is 10.3. The molecule has 0 spiro atoms. The van der Waals surface area contributed by atoms with Gasteiger partial charge in [-0.1, -0.05) is 62.1 Å². The summed E-state index contributed by atoms with van der Waals surface area (Å²) in [4.78, 5) is 0. The average Bonchev–Trinajstić information content (AvgIpc) is 2.46. The lowest BCUT2D eigenvalue weighted by molar-refractivity contribution is 0.418. The van der Waals surface area contributed by atoms with Crippen molar-refractivity contribution >= 4 is 25.8 Å². The standard InChI is InChI=1S/C17H23O2PSi/c1-19-16-12-8-9-13-17(16)20(18,14-21(2,3)4)15-10-6-5-7-11-15/h5-13H,14H2,1-4H3. The Labute approximate surface area is 128 Å². The van der Waals surface area contributed by atoms with Crippen molar-refractivity contribution in [1.82, 2.24) is 0 Å². The molecule has 1 unspecified atom stereocenters. The van der Waals surface area contributed by atoms with Crippen LogP contribution in [0.4, 0.5) is 0 Å². The number of methoxy groups -OCH3 is 1. The molecule has 0 N–H and O–H groups in total. The van der Waals surface area contributed by atoms with Crippen LogP contribution in [0.15, 0.2) is 54.6 Å². The highest BCUT2D eigenvalue weighted by molar-refractivity contribution is 7.80. The highest BCUT2D eigenvalue weighted by atomic mass is 31.2. The fourth-order valence-electron chi connectivity index (χ4n) is 2.58. The predicted molar refractivity (Wildman–Crippen MR) is 94.5 cm³/mol. The summed E-state index contributed by atoms with van der Waals surface area (Å²) in [6.07, 6.45) is 0. The monoisotopic (exact) mass is 318 g/mol. The molecular formula is C17H23O2PSi. The summed E-state index contributed by atoms with van der Waals surface area (Å²) in [5, 5.41) is 1.78. The Morgan fingerprint density at radius 3 is 2.10 bits per heavy atom. The van der Waals surface area contributed by atoms with Gasteiger partial charge in [0, 0.05) is 11.1 Å². The number of ether oxygens (including phenoxy) is 1. The molecule has 0 heterocycles. The van der Waals surface area contributed by atoms with Crippen LogP contribution in [0.3, 0.4) is 0 Å². The van der Waals surface area contributed by atoms with E-state index in [1.165, 1.54) is 0 Å². The zero-order valence-electron chi connectivity index (χ0n) is 13.2. The van der Waals surface area contributed by atoms with E-state index in [2.05, 4.69) is 19.6 Å². The Morgan fingerprint density at radius 1 is 0.952 bits per heavy atom. The molecule has 0 saturated heterocycles. The Morgan fingerprint density at radius 2 is 1.52 bits per heavy atom. The van der Waals surface area contributed by atoms with Crippen LogP contribution in [0.5, 0.6) is 5.75 Å². The Hall–Kier alpha value is -1.31. The smallest absolute Gasteiger partial charge is 0.144 e. The van der Waals surface area contributed by atoms with Gasteiger partial charge in [-0.3, -0.25) is 0 Å². The van der Waals surface area contributed by atoms with Crippen molar-refractivity contribution < 1.29 is 9.30 Å². The number of para-hydroxylation sites is 1. The molecule has 0 radical (unpaired) electrons. The highest BCUT2D eigenvalue weighted by Gasteiger charge is 2.35. The van der Waals surface area contributed by atoms with E-state index in [4.69, 9.17) is 4.74 Å².